The highest BCUT2D eigenvalue weighted by Crippen LogP contribution is 2.27. The van der Waals surface area contributed by atoms with Crippen LogP contribution in [0.15, 0.2) is 22.1 Å². The lowest BCUT2D eigenvalue weighted by molar-refractivity contribution is 0.0180. The quantitative estimate of drug-likeness (QED) is 0.790. The van der Waals surface area contributed by atoms with Gasteiger partial charge in [-0.15, -0.1) is 5.11 Å². The Kier molecular flexibility index (Phi) is 3.78. The highest BCUT2D eigenvalue weighted by Gasteiger charge is 2.31. The van der Waals surface area contributed by atoms with E-state index in [1.165, 1.54) is 0 Å². The molecule has 2 N–H and O–H groups in total. The normalized spacial score (nSPS) is 24.5. The third kappa shape index (κ3) is 3.68. The van der Waals surface area contributed by atoms with Crippen molar-refractivity contribution in [1.82, 2.24) is 4.90 Å². The molecule has 0 bridgehead atoms. The monoisotopic (exact) mass is 266 g/mol. The summed E-state index contributed by atoms with van der Waals surface area (Å²) in [6.45, 7) is 7.05. The average Bonchev–Trinajstić information content (AvgIpc) is 2.74. The van der Waals surface area contributed by atoms with E-state index in [1.54, 1.807) is 4.90 Å². The van der Waals surface area contributed by atoms with Crippen molar-refractivity contribution in [3.8, 4) is 0 Å². The van der Waals surface area contributed by atoms with Gasteiger partial charge in [-0.3, -0.25) is 0 Å². The van der Waals surface area contributed by atoms with E-state index in [-0.39, 0.29) is 12.1 Å². The second-order valence-electron chi connectivity index (χ2n) is 6.10. The molecule has 2 aliphatic heterocycles. The number of likely N-dealkylation sites (tertiary alicyclic amines) is 1. The Labute approximate surface area is 113 Å². The molecule has 2 aliphatic rings. The van der Waals surface area contributed by atoms with Crippen molar-refractivity contribution in [2.24, 2.45) is 21.9 Å². The second-order valence-corrected chi connectivity index (χ2v) is 6.10. The molecule has 0 unspecified atom stereocenters. The Morgan fingerprint density at radius 3 is 2.53 bits per heavy atom. The number of piperidine rings is 1. The van der Waals surface area contributed by atoms with Crippen molar-refractivity contribution in [2.45, 2.75) is 45.3 Å². The van der Waals surface area contributed by atoms with Crippen molar-refractivity contribution in [2.75, 3.05) is 13.1 Å². The minimum atomic E-state index is -0.440. The maximum atomic E-state index is 11.9. The maximum Gasteiger partial charge on any atom is 0.410 e. The predicted molar refractivity (Wildman–Crippen MR) is 71.4 cm³/mol. The van der Waals surface area contributed by atoms with Gasteiger partial charge in [0.1, 0.15) is 11.4 Å². The van der Waals surface area contributed by atoms with Gasteiger partial charge in [0, 0.05) is 13.1 Å². The van der Waals surface area contributed by atoms with Crippen LogP contribution in [0.3, 0.4) is 0 Å². The molecule has 0 spiro atoms. The van der Waals surface area contributed by atoms with Crippen LogP contribution in [0.4, 0.5) is 4.79 Å². The van der Waals surface area contributed by atoms with Crippen molar-refractivity contribution in [1.29, 1.82) is 0 Å². The van der Waals surface area contributed by atoms with Gasteiger partial charge in [0.05, 0.1) is 6.04 Å². The SMILES string of the molecule is CC(C)(C)OC(=O)N1CCC([C@@H]2C=C(N)N=N2)CC1. The number of azo groups is 1. The Balaban J connectivity index is 1.83. The molecule has 0 radical (unpaired) electrons. The number of ether oxygens (including phenoxy) is 1. The van der Waals surface area contributed by atoms with E-state index < -0.39 is 5.60 Å². The molecule has 2 rings (SSSR count). The first-order chi connectivity index (χ1) is 8.85. The average molecular weight is 266 g/mol. The summed E-state index contributed by atoms with van der Waals surface area (Å²) in [4.78, 5) is 13.7. The van der Waals surface area contributed by atoms with Crippen molar-refractivity contribution < 1.29 is 9.53 Å². The molecule has 0 aliphatic carbocycles. The zero-order valence-electron chi connectivity index (χ0n) is 11.8. The van der Waals surface area contributed by atoms with Gasteiger partial charge in [-0.25, -0.2) is 4.79 Å². The first-order valence-electron chi connectivity index (χ1n) is 6.71. The summed E-state index contributed by atoms with van der Waals surface area (Å²) in [6, 6.07) is 0.0841. The molecule has 1 amide bonds. The van der Waals surface area contributed by atoms with E-state index in [4.69, 9.17) is 10.5 Å². The molecule has 19 heavy (non-hydrogen) atoms. The van der Waals surface area contributed by atoms with E-state index in [9.17, 15) is 4.79 Å². The lowest BCUT2D eigenvalue weighted by Crippen LogP contribution is -2.43. The fourth-order valence-electron chi connectivity index (χ4n) is 2.36. The van der Waals surface area contributed by atoms with E-state index in [2.05, 4.69) is 10.2 Å². The summed E-state index contributed by atoms with van der Waals surface area (Å²) in [6.07, 6.45) is 3.49. The molecule has 0 aromatic heterocycles. The smallest absolute Gasteiger partial charge is 0.410 e. The predicted octanol–water partition coefficient (Wildman–Crippen LogP) is 2.27. The third-order valence-corrected chi connectivity index (χ3v) is 3.32. The summed E-state index contributed by atoms with van der Waals surface area (Å²) in [5.74, 6) is 0.919. The molecule has 0 aromatic carbocycles. The fourth-order valence-corrected chi connectivity index (χ4v) is 2.36. The maximum absolute atomic E-state index is 11.9. The Morgan fingerprint density at radius 1 is 1.42 bits per heavy atom. The third-order valence-electron chi connectivity index (χ3n) is 3.32. The van der Waals surface area contributed by atoms with Gasteiger partial charge in [0.2, 0.25) is 0 Å². The second kappa shape index (κ2) is 5.19. The summed E-state index contributed by atoms with van der Waals surface area (Å²) < 4.78 is 5.37. The molecule has 1 atom stereocenters. The topological polar surface area (TPSA) is 80.3 Å². The summed E-state index contributed by atoms with van der Waals surface area (Å²) in [5, 5.41) is 8.00. The molecule has 1 fully saturated rings. The van der Waals surface area contributed by atoms with Crippen LogP contribution in [0.1, 0.15) is 33.6 Å². The summed E-state index contributed by atoms with van der Waals surface area (Å²) in [5.41, 5.74) is 5.15. The van der Waals surface area contributed by atoms with E-state index in [0.717, 1.165) is 12.8 Å². The van der Waals surface area contributed by atoms with E-state index in [0.29, 0.717) is 24.8 Å². The number of carbonyl (C=O) groups excluding carboxylic acids is 1. The van der Waals surface area contributed by atoms with Crippen LogP contribution < -0.4 is 5.73 Å². The number of nitrogens with two attached hydrogens (primary N) is 1. The zero-order chi connectivity index (χ0) is 14.0. The van der Waals surface area contributed by atoms with Gasteiger partial charge in [0.25, 0.3) is 0 Å². The molecule has 6 nitrogen and oxygen atoms in total. The number of hydrogen-bond acceptors (Lipinski definition) is 5. The van der Waals surface area contributed by atoms with Gasteiger partial charge in [0.15, 0.2) is 0 Å². The number of rotatable bonds is 1. The van der Waals surface area contributed by atoms with Crippen LogP contribution in [0, 0.1) is 5.92 Å². The largest absolute Gasteiger partial charge is 0.444 e. The molecular formula is C13H22N4O2. The zero-order valence-corrected chi connectivity index (χ0v) is 11.8. The summed E-state index contributed by atoms with van der Waals surface area (Å²) in [7, 11) is 0. The Bertz CT molecular complexity index is 403. The molecular weight excluding hydrogens is 244 g/mol. The van der Waals surface area contributed by atoms with Gasteiger partial charge in [-0.1, -0.05) is 0 Å². The Hall–Kier alpha value is -1.59. The van der Waals surface area contributed by atoms with Gasteiger partial charge in [-0.2, -0.15) is 5.11 Å². The van der Waals surface area contributed by atoms with E-state index >= 15 is 0 Å². The molecule has 0 saturated carbocycles. The molecule has 1 saturated heterocycles. The van der Waals surface area contributed by atoms with Gasteiger partial charge >= 0.3 is 6.09 Å². The highest BCUT2D eigenvalue weighted by atomic mass is 16.6. The molecule has 106 valence electrons. The minimum Gasteiger partial charge on any atom is -0.444 e. The number of carbonyl (C=O) groups is 1. The minimum absolute atomic E-state index is 0.0841. The van der Waals surface area contributed by atoms with Gasteiger partial charge in [-0.05, 0) is 45.6 Å². The van der Waals surface area contributed by atoms with Crippen molar-refractivity contribution in [3.63, 3.8) is 0 Å². The number of hydrogen-bond donors (Lipinski definition) is 1. The summed E-state index contributed by atoms with van der Waals surface area (Å²) >= 11 is 0. The first-order valence-corrected chi connectivity index (χ1v) is 6.71. The fraction of sp³-hybridized carbons (Fsp3) is 0.769. The molecule has 0 aromatic rings. The molecule has 6 heteroatoms. The lowest BCUT2D eigenvalue weighted by atomic mass is 9.90. The van der Waals surface area contributed by atoms with Crippen LogP contribution >= 0.6 is 0 Å². The van der Waals surface area contributed by atoms with Crippen LogP contribution in [-0.4, -0.2) is 35.7 Å². The van der Waals surface area contributed by atoms with Crippen molar-refractivity contribution >= 4 is 6.09 Å². The Morgan fingerprint density at radius 2 is 2.05 bits per heavy atom. The van der Waals surface area contributed by atoms with Crippen LogP contribution in [0.25, 0.3) is 0 Å². The molecule has 2 heterocycles. The number of nitrogens with zero attached hydrogens (tertiary/aromatic N) is 3. The van der Waals surface area contributed by atoms with Crippen LogP contribution in [-0.2, 0) is 4.74 Å². The van der Waals surface area contributed by atoms with Crippen LogP contribution in [0.5, 0.6) is 0 Å². The highest BCUT2D eigenvalue weighted by molar-refractivity contribution is 5.68. The standard InChI is InChI=1S/C13H22N4O2/c1-13(2,3)19-12(18)17-6-4-9(5-7-17)10-8-11(14)16-15-10/h8-10H,4-7,14H2,1-3H3/t10-/m0/s1. The van der Waals surface area contributed by atoms with Gasteiger partial charge < -0.3 is 15.4 Å². The van der Waals surface area contributed by atoms with Crippen molar-refractivity contribution in [3.05, 3.63) is 11.9 Å². The number of amides is 1. The lowest BCUT2D eigenvalue weighted by Gasteiger charge is -2.34. The first kappa shape index (κ1) is 13.8. The van der Waals surface area contributed by atoms with Crippen LogP contribution in [0.2, 0.25) is 0 Å². The van der Waals surface area contributed by atoms with E-state index in [1.807, 2.05) is 26.8 Å².